The highest BCUT2D eigenvalue weighted by Gasteiger charge is 2.08. The molecule has 0 atom stereocenters. The second-order valence-electron chi connectivity index (χ2n) is 5.13. The third-order valence-corrected chi connectivity index (χ3v) is 4.82. The Hall–Kier alpha value is -2.34. The zero-order valence-corrected chi connectivity index (χ0v) is 13.3. The molecule has 0 saturated carbocycles. The Kier molecular flexibility index (Phi) is 3.62. The van der Waals surface area contributed by atoms with Gasteiger partial charge < -0.3 is 4.40 Å². The predicted octanol–water partition coefficient (Wildman–Crippen LogP) is 3.07. The lowest BCUT2D eigenvalue weighted by Gasteiger charge is -2.06. The topological polar surface area (TPSA) is 63.5 Å². The van der Waals surface area contributed by atoms with Gasteiger partial charge in [0.2, 0.25) is 10.0 Å². The van der Waals surface area contributed by atoms with Crippen molar-refractivity contribution in [3.63, 3.8) is 0 Å². The summed E-state index contributed by atoms with van der Waals surface area (Å²) in [5.41, 5.74) is 4.40. The average Bonchev–Trinajstić information content (AvgIpc) is 2.93. The maximum absolute atomic E-state index is 11.6. The van der Waals surface area contributed by atoms with E-state index in [1.165, 1.54) is 0 Å². The third-order valence-electron chi connectivity index (χ3n) is 3.51. The van der Waals surface area contributed by atoms with Gasteiger partial charge in [-0.3, -0.25) is 4.72 Å². The molecule has 3 rings (SSSR count). The van der Waals surface area contributed by atoms with E-state index in [9.17, 15) is 8.42 Å². The zero-order chi connectivity index (χ0) is 15.7. The molecule has 0 saturated heterocycles. The van der Waals surface area contributed by atoms with E-state index in [0.29, 0.717) is 5.69 Å². The first kappa shape index (κ1) is 14.6. The Morgan fingerprint density at radius 3 is 2.55 bits per heavy atom. The van der Waals surface area contributed by atoms with Crippen LogP contribution >= 0.6 is 0 Å². The molecule has 0 radical (unpaired) electrons. The molecule has 5 nitrogen and oxygen atoms in total. The van der Waals surface area contributed by atoms with Crippen molar-refractivity contribution >= 4 is 21.4 Å². The van der Waals surface area contributed by atoms with E-state index in [-0.39, 0.29) is 5.75 Å². The SMILES string of the molecule is CCS(=O)(=O)Nc1ccc(-c2cn3cccc(C)c3n2)cc1. The van der Waals surface area contributed by atoms with Crippen LogP contribution in [0, 0.1) is 6.92 Å². The molecule has 0 aliphatic carbocycles. The van der Waals surface area contributed by atoms with Gasteiger partial charge in [0.25, 0.3) is 0 Å². The van der Waals surface area contributed by atoms with Gasteiger partial charge in [0.1, 0.15) is 5.65 Å². The van der Waals surface area contributed by atoms with Crippen LogP contribution in [-0.2, 0) is 10.0 Å². The number of pyridine rings is 1. The van der Waals surface area contributed by atoms with Crippen LogP contribution in [0.15, 0.2) is 48.8 Å². The first-order chi connectivity index (χ1) is 10.5. The fourth-order valence-electron chi connectivity index (χ4n) is 2.25. The number of benzene rings is 1. The van der Waals surface area contributed by atoms with E-state index in [4.69, 9.17) is 0 Å². The number of aryl methyl sites for hydroxylation is 1. The zero-order valence-electron chi connectivity index (χ0n) is 12.4. The smallest absolute Gasteiger partial charge is 0.232 e. The van der Waals surface area contributed by atoms with E-state index in [0.717, 1.165) is 22.5 Å². The van der Waals surface area contributed by atoms with E-state index in [1.54, 1.807) is 19.1 Å². The summed E-state index contributed by atoms with van der Waals surface area (Å²) in [5.74, 6) is 0.0560. The number of nitrogens with zero attached hydrogens (tertiary/aromatic N) is 2. The maximum atomic E-state index is 11.6. The van der Waals surface area contributed by atoms with Crippen LogP contribution in [0.3, 0.4) is 0 Å². The lowest BCUT2D eigenvalue weighted by atomic mass is 10.1. The number of anilines is 1. The summed E-state index contributed by atoms with van der Waals surface area (Å²) in [5, 5.41) is 0. The number of fused-ring (bicyclic) bond motifs is 1. The van der Waals surface area contributed by atoms with Gasteiger partial charge in [-0.1, -0.05) is 18.2 Å². The molecule has 0 fully saturated rings. The molecule has 0 bridgehead atoms. The molecule has 2 aromatic heterocycles. The fourth-order valence-corrected chi connectivity index (χ4v) is 2.89. The molecule has 0 aliphatic rings. The predicted molar refractivity (Wildman–Crippen MR) is 88.4 cm³/mol. The van der Waals surface area contributed by atoms with Gasteiger partial charge >= 0.3 is 0 Å². The molecule has 3 aromatic rings. The van der Waals surface area contributed by atoms with Crippen molar-refractivity contribution in [2.45, 2.75) is 13.8 Å². The van der Waals surface area contributed by atoms with Crippen LogP contribution in [0.5, 0.6) is 0 Å². The number of rotatable bonds is 4. The van der Waals surface area contributed by atoms with Gasteiger partial charge in [0.15, 0.2) is 0 Å². The van der Waals surface area contributed by atoms with Gasteiger partial charge in [-0.15, -0.1) is 0 Å². The first-order valence-electron chi connectivity index (χ1n) is 7.04. The second-order valence-corrected chi connectivity index (χ2v) is 7.14. The van der Waals surface area contributed by atoms with E-state index < -0.39 is 10.0 Å². The quantitative estimate of drug-likeness (QED) is 0.805. The number of imidazole rings is 1. The molecule has 0 aliphatic heterocycles. The average molecular weight is 315 g/mol. The lowest BCUT2D eigenvalue weighted by Crippen LogP contribution is -2.14. The van der Waals surface area contributed by atoms with Crippen LogP contribution < -0.4 is 4.72 Å². The van der Waals surface area contributed by atoms with Crippen molar-refractivity contribution in [1.29, 1.82) is 0 Å². The molecule has 2 heterocycles. The number of hydrogen-bond acceptors (Lipinski definition) is 3. The van der Waals surface area contributed by atoms with Gasteiger partial charge in [0, 0.05) is 23.6 Å². The number of nitrogens with one attached hydrogen (secondary N) is 1. The lowest BCUT2D eigenvalue weighted by molar-refractivity contribution is 0.602. The van der Waals surface area contributed by atoms with Crippen LogP contribution in [0.2, 0.25) is 0 Å². The molecule has 0 spiro atoms. The Morgan fingerprint density at radius 2 is 1.91 bits per heavy atom. The van der Waals surface area contributed by atoms with Crippen LogP contribution in [0.4, 0.5) is 5.69 Å². The van der Waals surface area contributed by atoms with Gasteiger partial charge in [0.05, 0.1) is 11.4 Å². The van der Waals surface area contributed by atoms with Gasteiger partial charge in [-0.05, 0) is 37.6 Å². The first-order valence-corrected chi connectivity index (χ1v) is 8.69. The molecular formula is C16H17N3O2S. The van der Waals surface area contributed by atoms with Gasteiger partial charge in [-0.25, -0.2) is 13.4 Å². The van der Waals surface area contributed by atoms with Crippen LogP contribution in [-0.4, -0.2) is 23.6 Å². The second kappa shape index (κ2) is 5.46. The van der Waals surface area contributed by atoms with Crippen molar-refractivity contribution in [2.24, 2.45) is 0 Å². The van der Waals surface area contributed by atoms with Crippen LogP contribution in [0.1, 0.15) is 12.5 Å². The van der Waals surface area contributed by atoms with Gasteiger partial charge in [-0.2, -0.15) is 0 Å². The molecule has 22 heavy (non-hydrogen) atoms. The van der Waals surface area contributed by atoms with Crippen molar-refractivity contribution in [1.82, 2.24) is 9.38 Å². The third kappa shape index (κ3) is 2.82. The minimum atomic E-state index is -3.25. The molecular weight excluding hydrogens is 298 g/mol. The molecule has 1 aromatic carbocycles. The summed E-state index contributed by atoms with van der Waals surface area (Å²) >= 11 is 0. The molecule has 0 amide bonds. The van der Waals surface area contributed by atoms with Crippen molar-refractivity contribution in [3.05, 3.63) is 54.4 Å². The standard InChI is InChI=1S/C16H17N3O2S/c1-3-22(20,21)18-14-8-6-13(7-9-14)15-11-19-10-4-5-12(2)16(19)17-15/h4-11,18H,3H2,1-2H3. The monoisotopic (exact) mass is 315 g/mol. The molecule has 114 valence electrons. The summed E-state index contributed by atoms with van der Waals surface area (Å²) < 4.78 is 27.6. The highest BCUT2D eigenvalue weighted by Crippen LogP contribution is 2.22. The Bertz CT molecular complexity index is 912. The van der Waals surface area contributed by atoms with Crippen molar-refractivity contribution in [3.8, 4) is 11.3 Å². The summed E-state index contributed by atoms with van der Waals surface area (Å²) in [4.78, 5) is 4.63. The fraction of sp³-hybridized carbons (Fsp3) is 0.188. The molecule has 1 N–H and O–H groups in total. The Labute approximate surface area is 129 Å². The molecule has 0 unspecified atom stereocenters. The van der Waals surface area contributed by atoms with Crippen LogP contribution in [0.25, 0.3) is 16.9 Å². The summed E-state index contributed by atoms with van der Waals surface area (Å²) in [6, 6.07) is 11.2. The highest BCUT2D eigenvalue weighted by atomic mass is 32.2. The van der Waals surface area contributed by atoms with Crippen molar-refractivity contribution < 1.29 is 8.42 Å². The van der Waals surface area contributed by atoms with E-state index in [2.05, 4.69) is 9.71 Å². The number of aromatic nitrogens is 2. The Morgan fingerprint density at radius 1 is 1.18 bits per heavy atom. The summed E-state index contributed by atoms with van der Waals surface area (Å²) in [7, 11) is -3.25. The minimum absolute atomic E-state index is 0.0560. The Balaban J connectivity index is 1.93. The van der Waals surface area contributed by atoms with E-state index >= 15 is 0 Å². The van der Waals surface area contributed by atoms with E-state index in [1.807, 2.05) is 48.0 Å². The summed E-state index contributed by atoms with van der Waals surface area (Å²) in [6.45, 7) is 3.63. The minimum Gasteiger partial charge on any atom is -0.306 e. The highest BCUT2D eigenvalue weighted by molar-refractivity contribution is 7.92. The van der Waals surface area contributed by atoms with Crippen molar-refractivity contribution in [2.75, 3.05) is 10.5 Å². The molecule has 6 heteroatoms. The number of sulfonamides is 1. The maximum Gasteiger partial charge on any atom is 0.232 e. The number of hydrogen-bond donors (Lipinski definition) is 1. The summed E-state index contributed by atoms with van der Waals surface area (Å²) in [6.07, 6.45) is 3.93. The largest absolute Gasteiger partial charge is 0.306 e. The normalized spacial score (nSPS) is 11.7.